The van der Waals surface area contributed by atoms with Crippen LogP contribution in [0.1, 0.15) is 6.92 Å². The van der Waals surface area contributed by atoms with E-state index in [-0.39, 0.29) is 11.2 Å². The van der Waals surface area contributed by atoms with Crippen molar-refractivity contribution >= 4 is 34.1 Å². The summed E-state index contributed by atoms with van der Waals surface area (Å²) in [4.78, 5) is 46.4. The second kappa shape index (κ2) is 6.48. The van der Waals surface area contributed by atoms with Crippen molar-refractivity contribution in [2.75, 3.05) is 5.32 Å². The summed E-state index contributed by atoms with van der Waals surface area (Å²) in [5.41, 5.74) is 1.03. The number of para-hydroxylation sites is 2. The standard InChI is InChI=1S/C18H19N7O3/c1-4-24-12-8-6-5-7-11(12)20-17(24)21-13(26)9-25-16(27)14-15(19-10-22(14)2)23(3)18(25)28/h5-8,10H,4,9H2,1-3H3,(H,20,21,26). The Kier molecular flexibility index (Phi) is 4.10. The molecule has 0 bridgehead atoms. The van der Waals surface area contributed by atoms with Crippen molar-refractivity contribution in [3.05, 3.63) is 51.4 Å². The predicted molar refractivity (Wildman–Crippen MR) is 104 cm³/mol. The number of anilines is 1. The minimum Gasteiger partial charge on any atom is -0.328 e. The molecule has 1 aromatic carbocycles. The molecular formula is C18H19N7O3. The lowest BCUT2D eigenvalue weighted by Gasteiger charge is -2.10. The van der Waals surface area contributed by atoms with Crippen molar-refractivity contribution in [3.8, 4) is 0 Å². The SMILES string of the molecule is CCn1c(NC(=O)Cn2c(=O)c3c(ncn3C)n(C)c2=O)nc2ccccc21. The zero-order valence-corrected chi connectivity index (χ0v) is 15.7. The van der Waals surface area contributed by atoms with Crippen molar-refractivity contribution < 1.29 is 4.79 Å². The maximum atomic E-state index is 12.7. The maximum absolute atomic E-state index is 12.7. The molecule has 10 nitrogen and oxygen atoms in total. The Morgan fingerprint density at radius 3 is 2.64 bits per heavy atom. The number of carbonyl (C=O) groups excluding carboxylic acids is 1. The normalized spacial score (nSPS) is 11.4. The number of aromatic nitrogens is 6. The molecule has 4 rings (SSSR count). The molecule has 0 atom stereocenters. The van der Waals surface area contributed by atoms with E-state index in [4.69, 9.17) is 0 Å². The topological polar surface area (TPSA) is 109 Å². The fourth-order valence-electron chi connectivity index (χ4n) is 3.33. The Labute approximate surface area is 158 Å². The van der Waals surface area contributed by atoms with Gasteiger partial charge in [0, 0.05) is 20.6 Å². The van der Waals surface area contributed by atoms with Gasteiger partial charge in [0.15, 0.2) is 11.2 Å². The largest absolute Gasteiger partial charge is 0.332 e. The second-order valence-corrected chi connectivity index (χ2v) is 6.48. The predicted octanol–water partition coefficient (Wildman–Crippen LogP) is 0.442. The van der Waals surface area contributed by atoms with Crippen LogP contribution in [0.3, 0.4) is 0 Å². The maximum Gasteiger partial charge on any atom is 0.332 e. The fraction of sp³-hybridized carbons (Fsp3) is 0.278. The van der Waals surface area contributed by atoms with Crippen molar-refractivity contribution in [1.29, 1.82) is 0 Å². The van der Waals surface area contributed by atoms with Crippen LogP contribution in [0.25, 0.3) is 22.2 Å². The third kappa shape index (κ3) is 2.61. The molecule has 3 aromatic heterocycles. The van der Waals surface area contributed by atoms with Crippen LogP contribution < -0.4 is 16.6 Å². The van der Waals surface area contributed by atoms with E-state index in [1.54, 1.807) is 7.05 Å². The number of hydrogen-bond donors (Lipinski definition) is 1. The Morgan fingerprint density at radius 1 is 1.14 bits per heavy atom. The van der Waals surface area contributed by atoms with Gasteiger partial charge in [-0.3, -0.25) is 19.5 Å². The molecule has 144 valence electrons. The highest BCUT2D eigenvalue weighted by Crippen LogP contribution is 2.19. The van der Waals surface area contributed by atoms with E-state index in [0.29, 0.717) is 12.5 Å². The van der Waals surface area contributed by atoms with Gasteiger partial charge in [-0.05, 0) is 19.1 Å². The van der Waals surface area contributed by atoms with E-state index < -0.39 is 23.7 Å². The molecule has 10 heteroatoms. The van der Waals surface area contributed by atoms with Crippen LogP contribution in [0.2, 0.25) is 0 Å². The number of rotatable bonds is 4. The zero-order valence-electron chi connectivity index (χ0n) is 15.7. The summed E-state index contributed by atoms with van der Waals surface area (Å²) in [5.74, 6) is -0.133. The first kappa shape index (κ1) is 17.7. The van der Waals surface area contributed by atoms with E-state index in [1.807, 2.05) is 35.8 Å². The van der Waals surface area contributed by atoms with Gasteiger partial charge in [0.1, 0.15) is 6.54 Å². The Bertz CT molecular complexity index is 1340. The summed E-state index contributed by atoms with van der Waals surface area (Å²) in [6.45, 7) is 2.14. The quantitative estimate of drug-likeness (QED) is 0.552. The van der Waals surface area contributed by atoms with Gasteiger partial charge in [0.05, 0.1) is 17.4 Å². The number of nitrogens with one attached hydrogen (secondary N) is 1. The third-order valence-electron chi connectivity index (χ3n) is 4.72. The molecule has 0 radical (unpaired) electrons. The molecule has 0 unspecified atom stereocenters. The minimum atomic E-state index is -0.602. The summed E-state index contributed by atoms with van der Waals surface area (Å²) in [7, 11) is 3.18. The Balaban J connectivity index is 1.71. The van der Waals surface area contributed by atoms with Crippen molar-refractivity contribution in [1.82, 2.24) is 28.2 Å². The molecular weight excluding hydrogens is 362 g/mol. The van der Waals surface area contributed by atoms with Crippen LogP contribution in [-0.2, 0) is 32.0 Å². The Morgan fingerprint density at radius 2 is 1.89 bits per heavy atom. The number of hydrogen-bond acceptors (Lipinski definition) is 5. The van der Waals surface area contributed by atoms with Gasteiger partial charge in [-0.2, -0.15) is 0 Å². The summed E-state index contributed by atoms with van der Waals surface area (Å²) < 4.78 is 5.55. The molecule has 1 N–H and O–H groups in total. The molecule has 0 fully saturated rings. The van der Waals surface area contributed by atoms with Gasteiger partial charge < -0.3 is 9.13 Å². The molecule has 1 amide bonds. The molecule has 4 aromatic rings. The van der Waals surface area contributed by atoms with E-state index in [9.17, 15) is 14.4 Å². The Hall–Kier alpha value is -3.69. The number of nitrogens with zero attached hydrogens (tertiary/aromatic N) is 6. The van der Waals surface area contributed by atoms with Gasteiger partial charge in [-0.25, -0.2) is 19.3 Å². The van der Waals surface area contributed by atoms with Crippen LogP contribution in [0.4, 0.5) is 5.95 Å². The monoisotopic (exact) mass is 381 g/mol. The number of fused-ring (bicyclic) bond motifs is 2. The van der Waals surface area contributed by atoms with Crippen LogP contribution in [0, 0.1) is 0 Å². The molecule has 28 heavy (non-hydrogen) atoms. The lowest BCUT2D eigenvalue weighted by Crippen LogP contribution is -2.42. The highest BCUT2D eigenvalue weighted by molar-refractivity contribution is 5.91. The van der Waals surface area contributed by atoms with Crippen molar-refractivity contribution in [3.63, 3.8) is 0 Å². The summed E-state index contributed by atoms with van der Waals surface area (Å²) in [6.07, 6.45) is 1.46. The van der Waals surface area contributed by atoms with Gasteiger partial charge >= 0.3 is 5.69 Å². The highest BCUT2D eigenvalue weighted by atomic mass is 16.2. The summed E-state index contributed by atoms with van der Waals surface area (Å²) >= 11 is 0. The number of aryl methyl sites for hydroxylation is 3. The second-order valence-electron chi connectivity index (χ2n) is 6.48. The average molecular weight is 381 g/mol. The van der Waals surface area contributed by atoms with E-state index in [2.05, 4.69) is 15.3 Å². The molecule has 0 aliphatic carbocycles. The minimum absolute atomic E-state index is 0.260. The molecule has 0 aliphatic heterocycles. The fourth-order valence-corrected chi connectivity index (χ4v) is 3.33. The summed E-state index contributed by atoms with van der Waals surface area (Å²) in [5, 5.41) is 2.71. The summed E-state index contributed by atoms with van der Waals surface area (Å²) in [6, 6.07) is 7.53. The molecule has 0 saturated carbocycles. The van der Waals surface area contributed by atoms with Gasteiger partial charge in [-0.15, -0.1) is 0 Å². The molecule has 0 spiro atoms. The van der Waals surface area contributed by atoms with Crippen LogP contribution >= 0.6 is 0 Å². The van der Waals surface area contributed by atoms with Crippen LogP contribution in [0.5, 0.6) is 0 Å². The number of benzene rings is 1. The van der Waals surface area contributed by atoms with Crippen LogP contribution in [-0.4, -0.2) is 34.1 Å². The number of imidazole rings is 2. The third-order valence-corrected chi connectivity index (χ3v) is 4.72. The van der Waals surface area contributed by atoms with E-state index in [1.165, 1.54) is 22.5 Å². The molecule has 3 heterocycles. The van der Waals surface area contributed by atoms with E-state index in [0.717, 1.165) is 15.6 Å². The van der Waals surface area contributed by atoms with Gasteiger partial charge in [0.25, 0.3) is 5.56 Å². The highest BCUT2D eigenvalue weighted by Gasteiger charge is 2.18. The first-order valence-corrected chi connectivity index (χ1v) is 8.78. The molecule has 0 aliphatic rings. The van der Waals surface area contributed by atoms with Crippen molar-refractivity contribution in [2.24, 2.45) is 14.1 Å². The van der Waals surface area contributed by atoms with Crippen LogP contribution in [0.15, 0.2) is 40.2 Å². The number of amides is 1. The zero-order chi connectivity index (χ0) is 20.0. The first-order valence-electron chi connectivity index (χ1n) is 8.78. The van der Waals surface area contributed by atoms with Crippen molar-refractivity contribution in [2.45, 2.75) is 20.0 Å². The smallest absolute Gasteiger partial charge is 0.328 e. The lowest BCUT2D eigenvalue weighted by atomic mass is 10.3. The number of carbonyl (C=O) groups is 1. The first-order chi connectivity index (χ1) is 13.4. The van der Waals surface area contributed by atoms with E-state index >= 15 is 0 Å². The average Bonchev–Trinajstić information content (AvgIpc) is 3.23. The molecule has 0 saturated heterocycles. The van der Waals surface area contributed by atoms with Gasteiger partial charge in [0.2, 0.25) is 11.9 Å². The lowest BCUT2D eigenvalue weighted by molar-refractivity contribution is -0.116. The van der Waals surface area contributed by atoms with Gasteiger partial charge in [-0.1, -0.05) is 12.1 Å².